The fraction of sp³-hybridized carbons (Fsp3) is 0.250. The average molecular weight is 111 g/mol. The van der Waals surface area contributed by atoms with Gasteiger partial charge in [-0.05, 0) is 0 Å². The molecule has 0 fully saturated rings. The number of hydrogen-bond donors (Lipinski definition) is 1. The lowest BCUT2D eigenvalue weighted by molar-refractivity contribution is 0.257. The highest BCUT2D eigenvalue weighted by Crippen LogP contribution is 1.68. The van der Waals surface area contributed by atoms with Crippen molar-refractivity contribution >= 4 is 12.2 Å². The summed E-state index contributed by atoms with van der Waals surface area (Å²) in [6, 6.07) is 1.00. The molecule has 8 heavy (non-hydrogen) atoms. The molecule has 0 aliphatic carbocycles. The summed E-state index contributed by atoms with van der Waals surface area (Å²) in [6.45, 7) is 0. The highest BCUT2D eigenvalue weighted by atomic mass is 16.2. The molecule has 4 nitrogen and oxygen atoms in total. The zero-order valence-electron chi connectivity index (χ0n) is 4.16. The van der Waals surface area contributed by atoms with Crippen molar-refractivity contribution in [3.8, 4) is 6.07 Å². The monoisotopic (exact) mass is 111 g/mol. The van der Waals surface area contributed by atoms with E-state index in [2.05, 4.69) is 10.7 Å². The summed E-state index contributed by atoms with van der Waals surface area (Å²) < 4.78 is 0. The van der Waals surface area contributed by atoms with Gasteiger partial charge >= 0.3 is 6.03 Å². The number of nitriles is 1. The molecule has 42 valence electrons. The Labute approximate surface area is 46.6 Å². The van der Waals surface area contributed by atoms with Crippen LogP contribution in [0.15, 0.2) is 4.99 Å². The van der Waals surface area contributed by atoms with Gasteiger partial charge in [-0.1, -0.05) is 0 Å². The second-order valence-electron chi connectivity index (χ2n) is 1.01. The van der Waals surface area contributed by atoms with Crippen LogP contribution < -0.4 is 5.73 Å². The number of primary amides is 1. The van der Waals surface area contributed by atoms with E-state index in [-0.39, 0.29) is 6.42 Å². The van der Waals surface area contributed by atoms with Crippen molar-refractivity contribution < 1.29 is 4.79 Å². The molecule has 0 spiro atoms. The topological polar surface area (TPSA) is 79.2 Å². The lowest BCUT2D eigenvalue weighted by Gasteiger charge is -1.74. The Hall–Kier alpha value is -1.37. The Morgan fingerprint density at radius 1 is 2.00 bits per heavy atom. The Morgan fingerprint density at radius 3 is 3.00 bits per heavy atom. The van der Waals surface area contributed by atoms with E-state index in [1.807, 2.05) is 0 Å². The van der Waals surface area contributed by atoms with Gasteiger partial charge in [-0.25, -0.2) is 9.79 Å². The van der Waals surface area contributed by atoms with E-state index in [9.17, 15) is 4.79 Å². The molecule has 0 radical (unpaired) electrons. The molecule has 2 amide bonds. The van der Waals surface area contributed by atoms with Crippen molar-refractivity contribution in [1.82, 2.24) is 0 Å². The van der Waals surface area contributed by atoms with Crippen LogP contribution in [0.5, 0.6) is 0 Å². The van der Waals surface area contributed by atoms with E-state index in [4.69, 9.17) is 5.26 Å². The standard InChI is InChI=1S/C4H5N3O/c5-2-1-3-7-4(6)8/h3H,1H2,(H2,6,8). The zero-order valence-corrected chi connectivity index (χ0v) is 4.16. The van der Waals surface area contributed by atoms with Crippen LogP contribution in [0.3, 0.4) is 0 Å². The second-order valence-corrected chi connectivity index (χ2v) is 1.01. The minimum absolute atomic E-state index is 0.128. The molecule has 0 heterocycles. The van der Waals surface area contributed by atoms with Gasteiger partial charge < -0.3 is 5.73 Å². The summed E-state index contributed by atoms with van der Waals surface area (Å²) in [5.74, 6) is 0. The highest BCUT2D eigenvalue weighted by Gasteiger charge is 1.78. The Kier molecular flexibility index (Phi) is 3.16. The quantitative estimate of drug-likeness (QED) is 0.485. The van der Waals surface area contributed by atoms with E-state index < -0.39 is 6.03 Å². The third-order valence-electron chi connectivity index (χ3n) is 0.401. The summed E-state index contributed by atoms with van der Waals surface area (Å²) in [5, 5.41) is 7.89. The van der Waals surface area contributed by atoms with E-state index >= 15 is 0 Å². The van der Waals surface area contributed by atoms with Crippen LogP contribution in [-0.2, 0) is 0 Å². The predicted molar refractivity (Wildman–Crippen MR) is 28.3 cm³/mol. The van der Waals surface area contributed by atoms with Crippen LogP contribution in [0.4, 0.5) is 4.79 Å². The third kappa shape index (κ3) is 4.63. The highest BCUT2D eigenvalue weighted by molar-refractivity contribution is 5.82. The summed E-state index contributed by atoms with van der Waals surface area (Å²) in [5.41, 5.74) is 4.59. The molecule has 0 aromatic carbocycles. The van der Waals surface area contributed by atoms with Gasteiger partial charge in [-0.2, -0.15) is 5.26 Å². The average Bonchev–Trinajstić information content (AvgIpc) is 1.66. The maximum Gasteiger partial charge on any atom is 0.337 e. The van der Waals surface area contributed by atoms with Crippen molar-refractivity contribution in [3.05, 3.63) is 0 Å². The molecule has 0 unspecified atom stereocenters. The van der Waals surface area contributed by atoms with E-state index in [1.54, 1.807) is 6.07 Å². The molecule has 0 rings (SSSR count). The first kappa shape index (κ1) is 6.63. The molecule has 2 N–H and O–H groups in total. The van der Waals surface area contributed by atoms with Crippen molar-refractivity contribution in [3.63, 3.8) is 0 Å². The van der Waals surface area contributed by atoms with Crippen LogP contribution >= 0.6 is 0 Å². The molecule has 0 atom stereocenters. The molecular formula is C4H5N3O. The number of amides is 2. The summed E-state index contributed by atoms with van der Waals surface area (Å²) in [6.07, 6.45) is 1.30. The van der Waals surface area contributed by atoms with Gasteiger partial charge in [-0.3, -0.25) is 0 Å². The Morgan fingerprint density at radius 2 is 2.62 bits per heavy atom. The molecule has 4 heteroatoms. The summed E-state index contributed by atoms with van der Waals surface area (Å²) >= 11 is 0. The summed E-state index contributed by atoms with van der Waals surface area (Å²) in [4.78, 5) is 12.9. The van der Waals surface area contributed by atoms with Gasteiger partial charge in [0.25, 0.3) is 0 Å². The molecule has 0 aliphatic heterocycles. The van der Waals surface area contributed by atoms with E-state index in [0.29, 0.717) is 0 Å². The molecular weight excluding hydrogens is 106 g/mol. The number of nitrogens with zero attached hydrogens (tertiary/aromatic N) is 2. The lowest BCUT2D eigenvalue weighted by atomic mass is 10.5. The van der Waals surface area contributed by atoms with Gasteiger partial charge in [0.2, 0.25) is 0 Å². The Balaban J connectivity index is 3.38. The molecule has 0 aliphatic rings. The minimum atomic E-state index is -0.764. The third-order valence-corrected chi connectivity index (χ3v) is 0.401. The van der Waals surface area contributed by atoms with Gasteiger partial charge in [0.15, 0.2) is 0 Å². The molecule has 0 saturated carbocycles. The molecule has 0 saturated heterocycles. The lowest BCUT2D eigenvalue weighted by Crippen LogP contribution is -2.03. The van der Waals surface area contributed by atoms with Crippen molar-refractivity contribution in [2.45, 2.75) is 6.42 Å². The van der Waals surface area contributed by atoms with E-state index in [1.165, 1.54) is 6.21 Å². The molecule has 0 bridgehead atoms. The zero-order chi connectivity index (χ0) is 6.41. The Bertz CT molecular complexity index is 144. The smallest absolute Gasteiger partial charge is 0.337 e. The van der Waals surface area contributed by atoms with Crippen LogP contribution in [0.1, 0.15) is 6.42 Å². The van der Waals surface area contributed by atoms with Crippen molar-refractivity contribution in [1.29, 1.82) is 5.26 Å². The maximum atomic E-state index is 9.79. The van der Waals surface area contributed by atoms with E-state index in [0.717, 1.165) is 0 Å². The van der Waals surface area contributed by atoms with Crippen LogP contribution in [-0.4, -0.2) is 12.2 Å². The van der Waals surface area contributed by atoms with Crippen LogP contribution in [0.2, 0.25) is 0 Å². The number of nitrogens with two attached hydrogens (primary N) is 1. The first-order valence-corrected chi connectivity index (χ1v) is 1.96. The SMILES string of the molecule is N#CCC=NC(N)=O. The first-order valence-electron chi connectivity index (χ1n) is 1.96. The maximum absolute atomic E-state index is 9.79. The number of hydrogen-bond acceptors (Lipinski definition) is 2. The fourth-order valence-corrected chi connectivity index (χ4v) is 0.176. The summed E-state index contributed by atoms with van der Waals surface area (Å²) in [7, 11) is 0. The normalized spacial score (nSPS) is 8.88. The minimum Gasteiger partial charge on any atom is -0.350 e. The van der Waals surface area contributed by atoms with Crippen LogP contribution in [0.25, 0.3) is 0 Å². The number of urea groups is 1. The second kappa shape index (κ2) is 3.81. The number of carbonyl (C=O) groups is 1. The number of carbonyl (C=O) groups excluding carboxylic acids is 1. The molecule has 0 aromatic rings. The largest absolute Gasteiger partial charge is 0.350 e. The van der Waals surface area contributed by atoms with Gasteiger partial charge in [-0.15, -0.1) is 0 Å². The van der Waals surface area contributed by atoms with Gasteiger partial charge in [0.1, 0.15) is 0 Å². The van der Waals surface area contributed by atoms with Crippen molar-refractivity contribution in [2.75, 3.05) is 0 Å². The predicted octanol–water partition coefficient (Wildman–Crippen LogP) is 0.0496. The number of aliphatic imine (C=N–C) groups is 1. The first-order chi connectivity index (χ1) is 3.77. The van der Waals surface area contributed by atoms with Gasteiger partial charge in [0.05, 0.1) is 12.5 Å². The molecule has 0 aromatic heterocycles. The van der Waals surface area contributed by atoms with Crippen LogP contribution in [0, 0.1) is 11.3 Å². The number of rotatable bonds is 1. The van der Waals surface area contributed by atoms with Crippen molar-refractivity contribution in [2.24, 2.45) is 10.7 Å². The fourth-order valence-electron chi connectivity index (χ4n) is 0.176. The van der Waals surface area contributed by atoms with Gasteiger partial charge in [0, 0.05) is 6.21 Å².